The van der Waals surface area contributed by atoms with Crippen molar-refractivity contribution in [2.45, 2.75) is 13.3 Å². The maximum absolute atomic E-state index is 13.4. The van der Waals surface area contributed by atoms with Gasteiger partial charge >= 0.3 is 0 Å². The first-order chi connectivity index (χ1) is 12.7. The highest BCUT2D eigenvalue weighted by atomic mass is 19.1. The summed E-state index contributed by atoms with van der Waals surface area (Å²) in [7, 11) is 0. The summed E-state index contributed by atoms with van der Waals surface area (Å²) in [5, 5.41) is 6.00. The van der Waals surface area contributed by atoms with Crippen LogP contribution in [0.4, 0.5) is 15.9 Å². The molecule has 2 N–H and O–H groups in total. The molecular formula is C20H19FN4O. The SMILES string of the molecule is CCCNC(=O)c1cccc(Nc2cc(-c3cccc(F)c3)ncn2)c1. The molecule has 0 bridgehead atoms. The number of carbonyl (C=O) groups is 1. The number of carbonyl (C=O) groups excluding carboxylic acids is 1. The van der Waals surface area contributed by atoms with E-state index in [2.05, 4.69) is 20.6 Å². The number of benzene rings is 2. The lowest BCUT2D eigenvalue weighted by Crippen LogP contribution is -2.23. The largest absolute Gasteiger partial charge is 0.352 e. The van der Waals surface area contributed by atoms with Gasteiger partial charge in [-0.3, -0.25) is 4.79 Å². The van der Waals surface area contributed by atoms with Gasteiger partial charge in [0, 0.05) is 29.4 Å². The normalized spacial score (nSPS) is 10.4. The number of nitrogens with zero attached hydrogens (tertiary/aromatic N) is 2. The Morgan fingerprint density at radius 1 is 1.08 bits per heavy atom. The van der Waals surface area contributed by atoms with E-state index in [9.17, 15) is 9.18 Å². The summed E-state index contributed by atoms with van der Waals surface area (Å²) < 4.78 is 13.4. The van der Waals surface area contributed by atoms with E-state index in [1.54, 1.807) is 36.4 Å². The van der Waals surface area contributed by atoms with Crippen LogP contribution >= 0.6 is 0 Å². The maximum Gasteiger partial charge on any atom is 0.251 e. The third-order valence-corrected chi connectivity index (χ3v) is 3.72. The lowest BCUT2D eigenvalue weighted by molar-refractivity contribution is 0.0953. The van der Waals surface area contributed by atoms with Crippen LogP contribution in [0.2, 0.25) is 0 Å². The zero-order chi connectivity index (χ0) is 18.4. The molecule has 0 aliphatic rings. The molecule has 0 saturated heterocycles. The van der Waals surface area contributed by atoms with Crippen molar-refractivity contribution in [2.24, 2.45) is 0 Å². The zero-order valence-electron chi connectivity index (χ0n) is 14.4. The Kier molecular flexibility index (Phi) is 5.53. The fourth-order valence-corrected chi connectivity index (χ4v) is 2.46. The highest BCUT2D eigenvalue weighted by Gasteiger charge is 2.07. The van der Waals surface area contributed by atoms with Crippen molar-refractivity contribution < 1.29 is 9.18 Å². The van der Waals surface area contributed by atoms with Crippen LogP contribution in [0, 0.1) is 5.82 Å². The highest BCUT2D eigenvalue weighted by Crippen LogP contribution is 2.22. The minimum atomic E-state index is -0.318. The van der Waals surface area contributed by atoms with E-state index in [4.69, 9.17) is 0 Å². The van der Waals surface area contributed by atoms with Gasteiger partial charge in [0.2, 0.25) is 0 Å². The van der Waals surface area contributed by atoms with E-state index in [1.165, 1.54) is 18.5 Å². The molecule has 0 aliphatic heterocycles. The Hall–Kier alpha value is -3.28. The Balaban J connectivity index is 1.79. The van der Waals surface area contributed by atoms with Gasteiger partial charge in [0.05, 0.1) is 5.69 Å². The first kappa shape index (κ1) is 17.5. The van der Waals surface area contributed by atoms with E-state index >= 15 is 0 Å². The number of halogens is 1. The van der Waals surface area contributed by atoms with Gasteiger partial charge in [-0.15, -0.1) is 0 Å². The molecule has 132 valence electrons. The first-order valence-electron chi connectivity index (χ1n) is 8.39. The molecule has 0 radical (unpaired) electrons. The number of hydrogen-bond acceptors (Lipinski definition) is 4. The van der Waals surface area contributed by atoms with Crippen molar-refractivity contribution in [3.63, 3.8) is 0 Å². The van der Waals surface area contributed by atoms with Crippen LogP contribution in [0.3, 0.4) is 0 Å². The number of anilines is 2. The smallest absolute Gasteiger partial charge is 0.251 e. The summed E-state index contributed by atoms with van der Waals surface area (Å²) in [5.74, 6) is 0.130. The average molecular weight is 350 g/mol. The summed E-state index contributed by atoms with van der Waals surface area (Å²) >= 11 is 0. The van der Waals surface area contributed by atoms with E-state index in [0.29, 0.717) is 29.2 Å². The van der Waals surface area contributed by atoms with Gasteiger partial charge in [-0.2, -0.15) is 0 Å². The molecule has 5 nitrogen and oxygen atoms in total. The molecule has 26 heavy (non-hydrogen) atoms. The Morgan fingerprint density at radius 3 is 2.73 bits per heavy atom. The van der Waals surface area contributed by atoms with Crippen LogP contribution in [-0.4, -0.2) is 22.4 Å². The number of amides is 1. The van der Waals surface area contributed by atoms with Crippen LogP contribution in [0.5, 0.6) is 0 Å². The number of rotatable bonds is 6. The minimum Gasteiger partial charge on any atom is -0.352 e. The second-order valence-corrected chi connectivity index (χ2v) is 5.76. The summed E-state index contributed by atoms with van der Waals surface area (Å²) in [6.45, 7) is 2.64. The van der Waals surface area contributed by atoms with Gasteiger partial charge in [-0.1, -0.05) is 25.1 Å². The fraction of sp³-hybridized carbons (Fsp3) is 0.150. The maximum atomic E-state index is 13.4. The summed E-state index contributed by atoms with van der Waals surface area (Å²) in [6, 6.07) is 15.1. The van der Waals surface area contributed by atoms with Gasteiger partial charge in [0.15, 0.2) is 0 Å². The molecule has 2 aromatic carbocycles. The predicted molar refractivity (Wildman–Crippen MR) is 99.8 cm³/mol. The molecule has 1 amide bonds. The average Bonchev–Trinajstić information content (AvgIpc) is 2.66. The molecule has 0 fully saturated rings. The Morgan fingerprint density at radius 2 is 1.92 bits per heavy atom. The molecule has 3 rings (SSSR count). The minimum absolute atomic E-state index is 0.112. The van der Waals surface area contributed by atoms with Crippen LogP contribution in [-0.2, 0) is 0 Å². The highest BCUT2D eigenvalue weighted by molar-refractivity contribution is 5.95. The zero-order valence-corrected chi connectivity index (χ0v) is 14.4. The number of aromatic nitrogens is 2. The quantitative estimate of drug-likeness (QED) is 0.700. The van der Waals surface area contributed by atoms with Crippen molar-refractivity contribution in [2.75, 3.05) is 11.9 Å². The topological polar surface area (TPSA) is 66.9 Å². The molecule has 3 aromatic rings. The van der Waals surface area contributed by atoms with E-state index < -0.39 is 0 Å². The Labute approximate surface area is 151 Å². The summed E-state index contributed by atoms with van der Waals surface area (Å²) in [4.78, 5) is 20.5. The van der Waals surface area contributed by atoms with Crippen LogP contribution in [0.25, 0.3) is 11.3 Å². The van der Waals surface area contributed by atoms with Gasteiger partial charge in [0.1, 0.15) is 18.0 Å². The standard InChI is InChI=1S/C20H19FN4O/c1-2-9-22-20(26)15-6-4-8-17(11-15)25-19-12-18(23-13-24-19)14-5-3-7-16(21)10-14/h3-8,10-13H,2,9H2,1H3,(H,22,26)(H,23,24,25). The Bertz CT molecular complexity index is 914. The lowest BCUT2D eigenvalue weighted by Gasteiger charge is -2.09. The molecule has 0 aliphatic carbocycles. The second kappa shape index (κ2) is 8.20. The van der Waals surface area contributed by atoms with Crippen molar-refractivity contribution in [1.29, 1.82) is 0 Å². The predicted octanol–water partition coefficient (Wildman–Crippen LogP) is 4.17. The third kappa shape index (κ3) is 4.42. The molecule has 1 aromatic heterocycles. The molecular weight excluding hydrogens is 331 g/mol. The fourth-order valence-electron chi connectivity index (χ4n) is 2.46. The number of nitrogens with one attached hydrogen (secondary N) is 2. The van der Waals surface area contributed by atoms with Crippen molar-refractivity contribution in [3.8, 4) is 11.3 Å². The van der Waals surface area contributed by atoms with Gasteiger partial charge in [-0.25, -0.2) is 14.4 Å². The molecule has 1 heterocycles. The lowest BCUT2D eigenvalue weighted by atomic mass is 10.1. The van der Waals surface area contributed by atoms with Crippen LogP contribution in [0.15, 0.2) is 60.9 Å². The first-order valence-corrected chi connectivity index (χ1v) is 8.39. The van der Waals surface area contributed by atoms with E-state index in [0.717, 1.165) is 12.1 Å². The molecule has 0 unspecified atom stereocenters. The van der Waals surface area contributed by atoms with E-state index in [1.807, 2.05) is 13.0 Å². The summed E-state index contributed by atoms with van der Waals surface area (Å²) in [5.41, 5.74) is 2.59. The van der Waals surface area contributed by atoms with Crippen LogP contribution in [0.1, 0.15) is 23.7 Å². The van der Waals surface area contributed by atoms with Crippen molar-refractivity contribution >= 4 is 17.4 Å². The van der Waals surface area contributed by atoms with Gasteiger partial charge < -0.3 is 10.6 Å². The van der Waals surface area contributed by atoms with Crippen molar-refractivity contribution in [1.82, 2.24) is 15.3 Å². The monoisotopic (exact) mass is 350 g/mol. The van der Waals surface area contributed by atoms with Gasteiger partial charge in [-0.05, 0) is 36.8 Å². The summed E-state index contributed by atoms with van der Waals surface area (Å²) in [6.07, 6.45) is 2.30. The van der Waals surface area contributed by atoms with Gasteiger partial charge in [0.25, 0.3) is 5.91 Å². The molecule has 0 spiro atoms. The van der Waals surface area contributed by atoms with E-state index in [-0.39, 0.29) is 11.7 Å². The third-order valence-electron chi connectivity index (χ3n) is 3.72. The van der Waals surface area contributed by atoms with Crippen molar-refractivity contribution in [3.05, 3.63) is 72.3 Å². The molecule has 0 atom stereocenters. The molecule has 6 heteroatoms. The number of hydrogen-bond donors (Lipinski definition) is 2. The van der Waals surface area contributed by atoms with Crippen LogP contribution < -0.4 is 10.6 Å². The molecule has 0 saturated carbocycles. The second-order valence-electron chi connectivity index (χ2n) is 5.76.